The molecule has 1 amide bonds. The minimum Gasteiger partial charge on any atom is -0.326 e. The van der Waals surface area contributed by atoms with Crippen molar-refractivity contribution in [2.24, 2.45) is 0 Å². The lowest BCUT2D eigenvalue weighted by molar-refractivity contribution is -0.396. The molecule has 0 aliphatic heterocycles. The van der Waals surface area contributed by atoms with Crippen molar-refractivity contribution in [2.45, 2.75) is 9.79 Å². The van der Waals surface area contributed by atoms with E-state index in [0.717, 1.165) is 23.9 Å². The van der Waals surface area contributed by atoms with Gasteiger partial charge in [0.1, 0.15) is 0 Å². The Bertz CT molecular complexity index is 847. The van der Waals surface area contributed by atoms with Gasteiger partial charge in [0.25, 0.3) is 11.4 Å². The molecule has 0 saturated carbocycles. The maximum atomic E-state index is 11.2. The van der Waals surface area contributed by atoms with Gasteiger partial charge < -0.3 is 5.32 Å². The second-order valence-corrected chi connectivity index (χ2v) is 6.13. The van der Waals surface area contributed by atoms with E-state index in [0.29, 0.717) is 6.41 Å². The van der Waals surface area contributed by atoms with Crippen molar-refractivity contribution >= 4 is 58.4 Å². The average Bonchev–Trinajstić information content (AvgIpc) is 2.54. The highest BCUT2D eigenvalue weighted by molar-refractivity contribution is 7.99. The van der Waals surface area contributed by atoms with E-state index >= 15 is 0 Å². The fourth-order valence-corrected chi connectivity index (χ4v) is 3.36. The highest BCUT2D eigenvalue weighted by Crippen LogP contribution is 2.45. The molecule has 2 aromatic carbocycles. The summed E-state index contributed by atoms with van der Waals surface area (Å²) in [5, 5.41) is 24.8. The predicted molar refractivity (Wildman–Crippen MR) is 90.0 cm³/mol. The minimum absolute atomic E-state index is 0.115. The summed E-state index contributed by atoms with van der Waals surface area (Å²) in [6, 6.07) is 6.17. The standard InChI is InChI=1S/C13H7Cl2N3O5S/c14-8-2-3-9(15)13(12(8)16-6-19)24-11-4-1-7(17(20)21)5-10(11)18(22)23/h1-6H,(H,16,19). The van der Waals surface area contributed by atoms with Gasteiger partial charge in [0.2, 0.25) is 6.41 Å². The molecule has 0 spiro atoms. The molecule has 0 aliphatic rings. The molecule has 0 atom stereocenters. The number of nitro benzene ring substituents is 2. The lowest BCUT2D eigenvalue weighted by Gasteiger charge is -2.12. The van der Waals surface area contributed by atoms with Crippen molar-refractivity contribution in [1.29, 1.82) is 0 Å². The Labute approximate surface area is 149 Å². The van der Waals surface area contributed by atoms with E-state index in [1.165, 1.54) is 18.2 Å². The van der Waals surface area contributed by atoms with Crippen LogP contribution in [0.4, 0.5) is 17.1 Å². The number of halogens is 2. The normalized spacial score (nSPS) is 10.2. The number of rotatable bonds is 6. The van der Waals surface area contributed by atoms with Crippen LogP contribution in [0.25, 0.3) is 0 Å². The number of hydrogen-bond donors (Lipinski definition) is 1. The van der Waals surface area contributed by atoms with Crippen molar-refractivity contribution in [3.63, 3.8) is 0 Å². The summed E-state index contributed by atoms with van der Waals surface area (Å²) in [5.74, 6) is 0. The molecule has 0 heterocycles. The number of nitrogens with one attached hydrogen (secondary N) is 1. The van der Waals surface area contributed by atoms with Gasteiger partial charge in [-0.05, 0) is 18.2 Å². The van der Waals surface area contributed by atoms with Crippen molar-refractivity contribution in [2.75, 3.05) is 5.32 Å². The first kappa shape index (κ1) is 18.0. The van der Waals surface area contributed by atoms with Crippen molar-refractivity contribution in [1.82, 2.24) is 0 Å². The maximum absolute atomic E-state index is 11.2. The quantitative estimate of drug-likeness (QED) is 0.442. The Morgan fingerprint density at radius 2 is 1.71 bits per heavy atom. The van der Waals surface area contributed by atoms with Crippen molar-refractivity contribution in [3.05, 3.63) is 60.6 Å². The molecule has 24 heavy (non-hydrogen) atoms. The number of anilines is 1. The zero-order valence-electron chi connectivity index (χ0n) is 11.6. The van der Waals surface area contributed by atoms with Gasteiger partial charge in [-0.3, -0.25) is 25.0 Å². The zero-order chi connectivity index (χ0) is 17.9. The van der Waals surface area contributed by atoms with E-state index in [9.17, 15) is 25.0 Å². The molecule has 124 valence electrons. The van der Waals surface area contributed by atoms with E-state index in [-0.39, 0.29) is 25.5 Å². The van der Waals surface area contributed by atoms with E-state index < -0.39 is 21.2 Å². The highest BCUT2D eigenvalue weighted by atomic mass is 35.5. The monoisotopic (exact) mass is 387 g/mol. The fourth-order valence-electron chi connectivity index (χ4n) is 1.78. The Hall–Kier alpha value is -2.36. The molecule has 1 N–H and O–H groups in total. The van der Waals surface area contributed by atoms with Crippen LogP contribution in [0.2, 0.25) is 10.0 Å². The van der Waals surface area contributed by atoms with Gasteiger partial charge in [-0.2, -0.15) is 0 Å². The topological polar surface area (TPSA) is 115 Å². The minimum atomic E-state index is -0.736. The number of nitro groups is 2. The van der Waals surface area contributed by atoms with Crippen LogP contribution in [0, 0.1) is 20.2 Å². The average molecular weight is 388 g/mol. The highest BCUT2D eigenvalue weighted by Gasteiger charge is 2.22. The van der Waals surface area contributed by atoms with Crippen LogP contribution in [0.15, 0.2) is 40.1 Å². The largest absolute Gasteiger partial charge is 0.326 e. The smallest absolute Gasteiger partial charge is 0.290 e. The SMILES string of the molecule is O=CNc1c(Cl)ccc(Cl)c1Sc1ccc([N+](=O)[O-])cc1[N+](=O)[O-]. The summed E-state index contributed by atoms with van der Waals surface area (Å²) in [5.41, 5.74) is -0.673. The first-order chi connectivity index (χ1) is 11.3. The van der Waals surface area contributed by atoms with E-state index in [2.05, 4.69) is 5.32 Å². The molecule has 0 bridgehead atoms. The summed E-state index contributed by atoms with van der Waals surface area (Å²) >= 11 is 13.0. The summed E-state index contributed by atoms with van der Waals surface area (Å²) in [7, 11) is 0. The second kappa shape index (κ2) is 7.47. The summed E-state index contributed by atoms with van der Waals surface area (Å²) in [6.45, 7) is 0. The zero-order valence-corrected chi connectivity index (χ0v) is 13.9. The summed E-state index contributed by atoms with van der Waals surface area (Å²) < 4.78 is 0. The number of carbonyl (C=O) groups excluding carboxylic acids is 1. The third-order valence-corrected chi connectivity index (χ3v) is 4.76. The van der Waals surface area contributed by atoms with E-state index in [1.54, 1.807) is 0 Å². The molecular weight excluding hydrogens is 381 g/mol. The first-order valence-corrected chi connectivity index (χ1v) is 7.71. The number of hydrogen-bond acceptors (Lipinski definition) is 6. The number of non-ortho nitro benzene ring substituents is 1. The van der Waals surface area contributed by atoms with Gasteiger partial charge in [-0.1, -0.05) is 35.0 Å². The first-order valence-electron chi connectivity index (χ1n) is 6.14. The van der Waals surface area contributed by atoms with Crippen LogP contribution in [-0.4, -0.2) is 16.3 Å². The van der Waals surface area contributed by atoms with Gasteiger partial charge in [0, 0.05) is 6.07 Å². The van der Waals surface area contributed by atoms with Crippen LogP contribution in [-0.2, 0) is 4.79 Å². The van der Waals surface area contributed by atoms with E-state index in [4.69, 9.17) is 23.2 Å². The molecule has 0 unspecified atom stereocenters. The Morgan fingerprint density at radius 1 is 1.04 bits per heavy atom. The van der Waals surface area contributed by atoms with Crippen LogP contribution in [0.3, 0.4) is 0 Å². The van der Waals surface area contributed by atoms with Crippen molar-refractivity contribution < 1.29 is 14.6 Å². The molecule has 0 radical (unpaired) electrons. The van der Waals surface area contributed by atoms with Gasteiger partial charge >= 0.3 is 0 Å². The second-order valence-electron chi connectivity index (χ2n) is 4.26. The molecule has 8 nitrogen and oxygen atoms in total. The van der Waals surface area contributed by atoms with Crippen LogP contribution < -0.4 is 5.32 Å². The fraction of sp³-hybridized carbons (Fsp3) is 0. The van der Waals surface area contributed by atoms with Crippen LogP contribution >= 0.6 is 35.0 Å². The third-order valence-electron chi connectivity index (χ3n) is 2.82. The predicted octanol–water partition coefficient (Wildman–Crippen LogP) is 4.53. The summed E-state index contributed by atoms with van der Waals surface area (Å²) in [4.78, 5) is 31.6. The van der Waals surface area contributed by atoms with E-state index in [1.807, 2.05) is 0 Å². The summed E-state index contributed by atoms with van der Waals surface area (Å²) in [6.07, 6.45) is 0.395. The molecule has 0 aliphatic carbocycles. The number of nitrogens with zero attached hydrogens (tertiary/aromatic N) is 2. The molecule has 0 fully saturated rings. The molecule has 11 heteroatoms. The maximum Gasteiger partial charge on any atom is 0.290 e. The number of amides is 1. The molecular formula is C13H7Cl2N3O5S. The van der Waals surface area contributed by atoms with Gasteiger partial charge in [-0.15, -0.1) is 0 Å². The Morgan fingerprint density at radius 3 is 2.29 bits per heavy atom. The third kappa shape index (κ3) is 3.75. The molecule has 0 aromatic heterocycles. The lowest BCUT2D eigenvalue weighted by atomic mass is 10.3. The Kier molecular flexibility index (Phi) is 5.60. The van der Waals surface area contributed by atoms with Crippen LogP contribution in [0.1, 0.15) is 0 Å². The number of benzene rings is 2. The van der Waals surface area contributed by atoms with Crippen LogP contribution in [0.5, 0.6) is 0 Å². The van der Waals surface area contributed by atoms with Gasteiger partial charge in [0.05, 0.1) is 41.4 Å². The van der Waals surface area contributed by atoms with Crippen molar-refractivity contribution in [3.8, 4) is 0 Å². The van der Waals surface area contributed by atoms with Gasteiger partial charge in [-0.25, -0.2) is 0 Å². The molecule has 2 aromatic rings. The Balaban J connectivity index is 2.56. The molecule has 0 saturated heterocycles. The molecule has 2 rings (SSSR count). The number of carbonyl (C=O) groups is 1. The van der Waals surface area contributed by atoms with Gasteiger partial charge in [0.15, 0.2) is 0 Å². The lowest BCUT2D eigenvalue weighted by Crippen LogP contribution is -1.98.